The van der Waals surface area contributed by atoms with Gasteiger partial charge in [0.05, 0.1) is 4.92 Å². The Morgan fingerprint density at radius 3 is 2.50 bits per heavy atom. The molecule has 0 saturated heterocycles. The van der Waals surface area contributed by atoms with E-state index in [1.807, 2.05) is 0 Å². The summed E-state index contributed by atoms with van der Waals surface area (Å²) in [6.45, 7) is 0. The third-order valence-electron chi connectivity index (χ3n) is 1.43. The molecule has 1 aromatic carbocycles. The second-order valence-corrected chi connectivity index (χ2v) is 2.87. The minimum absolute atomic E-state index is 0.0648. The van der Waals surface area contributed by atoms with Gasteiger partial charge in [0.25, 0.3) is 5.69 Å². The van der Waals surface area contributed by atoms with E-state index in [0.717, 1.165) is 0 Å². The van der Waals surface area contributed by atoms with E-state index in [9.17, 15) is 10.1 Å². The second kappa shape index (κ2) is 3.44. The van der Waals surface area contributed by atoms with E-state index in [4.69, 9.17) is 0 Å². The highest BCUT2D eigenvalue weighted by molar-refractivity contribution is 7.81. The molecule has 0 spiro atoms. The molecule has 1 rings (SSSR count). The van der Waals surface area contributed by atoms with Gasteiger partial charge in [-0.1, -0.05) is 24.9 Å². The Morgan fingerprint density at radius 1 is 1.50 bits per heavy atom. The quantitative estimate of drug-likeness (QED) is 0.433. The van der Waals surface area contributed by atoms with Crippen LogP contribution < -0.4 is 4.31 Å². The first-order chi connectivity index (χ1) is 5.63. The SMILES string of the molecule is CN(S)c1ccccc1[N+](=O)[O-]. The van der Waals surface area contributed by atoms with E-state index in [-0.39, 0.29) is 5.69 Å². The number of hydrogen-bond donors (Lipinski definition) is 1. The average Bonchev–Trinajstić information content (AvgIpc) is 2.04. The Bertz CT molecular complexity index is 301. The van der Waals surface area contributed by atoms with Crippen LogP contribution in [-0.2, 0) is 0 Å². The molecule has 1 aromatic rings. The van der Waals surface area contributed by atoms with Crippen LogP contribution in [0.5, 0.6) is 0 Å². The highest BCUT2D eigenvalue weighted by atomic mass is 32.1. The zero-order valence-corrected chi connectivity index (χ0v) is 7.36. The summed E-state index contributed by atoms with van der Waals surface area (Å²) in [7, 11) is 1.64. The van der Waals surface area contributed by atoms with Crippen molar-refractivity contribution in [1.29, 1.82) is 0 Å². The molecule has 0 radical (unpaired) electrons. The Morgan fingerprint density at radius 2 is 2.08 bits per heavy atom. The van der Waals surface area contributed by atoms with Gasteiger partial charge in [0, 0.05) is 13.1 Å². The molecule has 0 saturated carbocycles. The molecule has 0 aromatic heterocycles. The van der Waals surface area contributed by atoms with E-state index in [0.29, 0.717) is 5.69 Å². The van der Waals surface area contributed by atoms with Crippen molar-refractivity contribution in [3.63, 3.8) is 0 Å². The number of thiol groups is 1. The molecule has 0 bridgehead atoms. The number of anilines is 1. The first-order valence-corrected chi connectivity index (χ1v) is 3.69. The fourth-order valence-corrected chi connectivity index (χ4v) is 1.06. The number of benzene rings is 1. The summed E-state index contributed by atoms with van der Waals surface area (Å²) in [4.78, 5) is 10.0. The molecule has 0 atom stereocenters. The standard InChI is InChI=1S/C7H8N2O2S/c1-8(12)6-4-2-3-5-7(6)9(10)11/h2-5,12H,1H3. The lowest BCUT2D eigenvalue weighted by Gasteiger charge is -2.09. The Kier molecular flexibility index (Phi) is 2.54. The van der Waals surface area contributed by atoms with Gasteiger partial charge in [-0.05, 0) is 6.07 Å². The highest BCUT2D eigenvalue weighted by Gasteiger charge is 2.13. The molecule has 0 aliphatic carbocycles. The van der Waals surface area contributed by atoms with Crippen LogP contribution in [0.15, 0.2) is 24.3 Å². The van der Waals surface area contributed by atoms with Gasteiger partial charge in [-0.25, -0.2) is 0 Å². The predicted octanol–water partition coefficient (Wildman–Crippen LogP) is 1.88. The fourth-order valence-electron chi connectivity index (χ4n) is 0.892. The van der Waals surface area contributed by atoms with Crippen molar-refractivity contribution in [1.82, 2.24) is 0 Å². The van der Waals surface area contributed by atoms with Crippen molar-refractivity contribution in [2.45, 2.75) is 0 Å². The minimum Gasteiger partial charge on any atom is -0.316 e. The number of nitro benzene ring substituents is 1. The lowest BCUT2D eigenvalue weighted by atomic mass is 10.3. The highest BCUT2D eigenvalue weighted by Crippen LogP contribution is 2.26. The first kappa shape index (κ1) is 8.86. The largest absolute Gasteiger partial charge is 0.316 e. The molecule has 5 heteroatoms. The van der Waals surface area contributed by atoms with Gasteiger partial charge in [0.1, 0.15) is 5.69 Å². The minimum atomic E-state index is -0.429. The summed E-state index contributed by atoms with van der Waals surface area (Å²) in [5.74, 6) is 0. The van der Waals surface area contributed by atoms with Crippen molar-refractivity contribution >= 4 is 24.2 Å². The lowest BCUT2D eigenvalue weighted by Crippen LogP contribution is -2.03. The molecule has 0 aliphatic rings. The van der Waals surface area contributed by atoms with Gasteiger partial charge >= 0.3 is 0 Å². The van der Waals surface area contributed by atoms with Gasteiger partial charge in [0.2, 0.25) is 0 Å². The van der Waals surface area contributed by atoms with Gasteiger partial charge in [-0.15, -0.1) is 0 Å². The normalized spacial score (nSPS) is 9.50. The smallest absolute Gasteiger partial charge is 0.293 e. The number of hydrogen-bond acceptors (Lipinski definition) is 4. The van der Waals surface area contributed by atoms with Crippen molar-refractivity contribution in [2.75, 3.05) is 11.4 Å². The summed E-state index contributed by atoms with van der Waals surface area (Å²) >= 11 is 3.98. The van der Waals surface area contributed by atoms with Gasteiger partial charge < -0.3 is 4.31 Å². The molecular formula is C7H8N2O2S. The molecule has 12 heavy (non-hydrogen) atoms. The van der Waals surface area contributed by atoms with Crippen molar-refractivity contribution in [3.05, 3.63) is 34.4 Å². The van der Waals surface area contributed by atoms with E-state index in [1.54, 1.807) is 25.2 Å². The number of para-hydroxylation sites is 2. The monoisotopic (exact) mass is 184 g/mol. The third-order valence-corrected chi connectivity index (χ3v) is 1.64. The van der Waals surface area contributed by atoms with Crippen LogP contribution in [0.25, 0.3) is 0 Å². The van der Waals surface area contributed by atoms with E-state index in [1.165, 1.54) is 10.4 Å². The van der Waals surface area contributed by atoms with Gasteiger partial charge in [-0.3, -0.25) is 10.1 Å². The fraction of sp³-hybridized carbons (Fsp3) is 0.143. The lowest BCUT2D eigenvalue weighted by molar-refractivity contribution is -0.384. The Labute approximate surface area is 75.5 Å². The van der Waals surface area contributed by atoms with Crippen LogP contribution in [0.4, 0.5) is 11.4 Å². The van der Waals surface area contributed by atoms with Crippen LogP contribution in [-0.4, -0.2) is 12.0 Å². The molecule has 0 N–H and O–H groups in total. The summed E-state index contributed by atoms with van der Waals surface area (Å²) in [6.07, 6.45) is 0. The maximum absolute atomic E-state index is 10.5. The van der Waals surface area contributed by atoms with Gasteiger partial charge in [-0.2, -0.15) is 0 Å². The summed E-state index contributed by atoms with van der Waals surface area (Å²) < 4.78 is 1.41. The summed E-state index contributed by atoms with van der Waals surface area (Å²) in [5.41, 5.74) is 0.556. The zero-order chi connectivity index (χ0) is 9.14. The van der Waals surface area contributed by atoms with Crippen molar-refractivity contribution < 1.29 is 4.92 Å². The predicted molar refractivity (Wildman–Crippen MR) is 50.5 cm³/mol. The molecule has 4 nitrogen and oxygen atoms in total. The van der Waals surface area contributed by atoms with E-state index < -0.39 is 4.92 Å². The molecule has 64 valence electrons. The number of nitro groups is 1. The summed E-state index contributed by atoms with van der Waals surface area (Å²) in [5, 5.41) is 10.5. The molecular weight excluding hydrogens is 176 g/mol. The van der Waals surface area contributed by atoms with Crippen LogP contribution in [0, 0.1) is 10.1 Å². The third kappa shape index (κ3) is 1.68. The average molecular weight is 184 g/mol. The molecule has 0 fully saturated rings. The maximum Gasteiger partial charge on any atom is 0.293 e. The van der Waals surface area contributed by atoms with Crippen LogP contribution >= 0.6 is 12.8 Å². The number of nitrogens with zero attached hydrogens (tertiary/aromatic N) is 2. The maximum atomic E-state index is 10.5. The van der Waals surface area contributed by atoms with E-state index >= 15 is 0 Å². The van der Waals surface area contributed by atoms with Crippen molar-refractivity contribution in [2.24, 2.45) is 0 Å². The molecule has 0 unspecified atom stereocenters. The first-order valence-electron chi connectivity index (χ1n) is 3.29. The summed E-state index contributed by atoms with van der Waals surface area (Å²) in [6, 6.07) is 6.45. The van der Waals surface area contributed by atoms with E-state index in [2.05, 4.69) is 12.8 Å². The molecule has 0 amide bonds. The zero-order valence-electron chi connectivity index (χ0n) is 6.47. The van der Waals surface area contributed by atoms with Crippen LogP contribution in [0.3, 0.4) is 0 Å². The molecule has 0 heterocycles. The van der Waals surface area contributed by atoms with Gasteiger partial charge in [0.15, 0.2) is 0 Å². The van der Waals surface area contributed by atoms with Crippen molar-refractivity contribution in [3.8, 4) is 0 Å². The Balaban J connectivity index is 3.17. The van der Waals surface area contributed by atoms with Crippen LogP contribution in [0.2, 0.25) is 0 Å². The second-order valence-electron chi connectivity index (χ2n) is 2.27. The topological polar surface area (TPSA) is 46.4 Å². The Hall–Kier alpha value is -1.23. The molecule has 0 aliphatic heterocycles. The van der Waals surface area contributed by atoms with Crippen LogP contribution in [0.1, 0.15) is 0 Å². The number of rotatable bonds is 2.